The van der Waals surface area contributed by atoms with Crippen LogP contribution in [0.5, 0.6) is 0 Å². The molecule has 3 nitrogen and oxygen atoms in total. The van der Waals surface area contributed by atoms with Crippen LogP contribution in [0.3, 0.4) is 0 Å². The van der Waals surface area contributed by atoms with Crippen molar-refractivity contribution in [3.63, 3.8) is 0 Å². The summed E-state index contributed by atoms with van der Waals surface area (Å²) in [6, 6.07) is 2.35. The highest BCUT2D eigenvalue weighted by Crippen LogP contribution is 2.37. The molecule has 0 aliphatic carbocycles. The summed E-state index contributed by atoms with van der Waals surface area (Å²) in [7, 11) is 4.43. The molecule has 0 fully saturated rings. The van der Waals surface area contributed by atoms with Crippen LogP contribution in [-0.4, -0.2) is 7.11 Å². The third-order valence-electron chi connectivity index (χ3n) is 1.26. The highest BCUT2D eigenvalue weighted by atomic mass is 32.2. The van der Waals surface area contributed by atoms with Crippen LogP contribution >= 0.6 is 30.4 Å². The van der Waals surface area contributed by atoms with Gasteiger partial charge in [0, 0.05) is 6.04 Å². The zero-order valence-corrected chi connectivity index (χ0v) is 11.0. The summed E-state index contributed by atoms with van der Waals surface area (Å²) in [6.45, 7) is -0.627. The standard InChI is InChI=1S/C7H7NO2P4/c1-10-6(9)7-11-5(3-4-8)12-13-14(7)2/h2,8H2,1H3. The number of rotatable bonds is 1. The lowest BCUT2D eigenvalue weighted by Crippen LogP contribution is -2.12. The van der Waals surface area contributed by atoms with Crippen molar-refractivity contribution < 1.29 is 9.84 Å². The Morgan fingerprint density at radius 2 is 2.43 bits per heavy atom. The van der Waals surface area contributed by atoms with Gasteiger partial charge in [0.15, 0.2) is 12.6 Å². The molecule has 72 valence electrons. The first kappa shape index (κ1) is 11.7. The van der Waals surface area contributed by atoms with Crippen molar-refractivity contribution in [1.82, 2.24) is 0 Å². The molecule has 14 heavy (non-hydrogen) atoms. The van der Waals surface area contributed by atoms with Gasteiger partial charge in [0.1, 0.15) is 15.7 Å². The Morgan fingerprint density at radius 3 is 3.00 bits per heavy atom. The van der Waals surface area contributed by atoms with Gasteiger partial charge in [-0.1, -0.05) is 0 Å². The van der Waals surface area contributed by atoms with Gasteiger partial charge in [0.25, 0.3) is 0 Å². The van der Waals surface area contributed by atoms with Crippen LogP contribution in [0, 0.1) is 18.3 Å². The highest BCUT2D eigenvalue weighted by Gasteiger charge is 2.03. The molecule has 0 aromatic carbocycles. The van der Waals surface area contributed by atoms with E-state index in [-0.39, 0.29) is 5.95 Å². The van der Waals surface area contributed by atoms with E-state index >= 15 is 0 Å². The van der Waals surface area contributed by atoms with Crippen LogP contribution in [0.25, 0.3) is 5.95 Å². The van der Waals surface area contributed by atoms with Gasteiger partial charge in [-0.2, -0.15) is 0 Å². The molecular weight excluding hydrogens is 254 g/mol. The third-order valence-corrected chi connectivity index (χ3v) is 10.7. The SMILES string of the molecule is C=[p+]1ppc(C#CN)pc1=C([O-])OC. The lowest BCUT2D eigenvalue weighted by Gasteiger charge is -2.04. The molecule has 2 N–H and O–H groups in total. The fourth-order valence-electron chi connectivity index (χ4n) is 0.679. The van der Waals surface area contributed by atoms with E-state index in [1.165, 1.54) is 7.11 Å². The third kappa shape index (κ3) is 2.81. The van der Waals surface area contributed by atoms with Crippen molar-refractivity contribution in [2.75, 3.05) is 7.11 Å². The first-order valence-corrected chi connectivity index (χ1v) is 9.09. The molecule has 1 atom stereocenters. The van der Waals surface area contributed by atoms with E-state index in [0.717, 1.165) is 33.3 Å². The maximum absolute atomic E-state index is 11.3. The van der Waals surface area contributed by atoms with Crippen LogP contribution in [0.2, 0.25) is 0 Å². The predicted molar refractivity (Wildman–Crippen MR) is 63.0 cm³/mol. The molecule has 0 saturated carbocycles. The second-order valence-electron chi connectivity index (χ2n) is 2.11. The van der Waals surface area contributed by atoms with Crippen molar-refractivity contribution in [3.8, 4) is 12.0 Å². The Morgan fingerprint density at radius 1 is 1.71 bits per heavy atom. The second-order valence-corrected chi connectivity index (χ2v) is 10.2. The molecule has 1 rings (SSSR count). The lowest BCUT2D eigenvalue weighted by atomic mass is 10.8. The minimum absolute atomic E-state index is 0.272. The van der Waals surface area contributed by atoms with Gasteiger partial charge in [-0.05, 0) is 19.3 Å². The van der Waals surface area contributed by atoms with Gasteiger partial charge in [0.2, 0.25) is 5.03 Å². The number of hydrogen-bond acceptors (Lipinski definition) is 3. The molecule has 1 aromatic rings. The van der Waals surface area contributed by atoms with E-state index in [0.29, 0.717) is 0 Å². The van der Waals surface area contributed by atoms with Gasteiger partial charge in [-0.25, -0.2) is 0 Å². The molecule has 0 saturated heterocycles. The minimum atomic E-state index is -0.627. The predicted octanol–water partition coefficient (Wildman–Crippen LogP) is 1.67. The molecule has 0 bridgehead atoms. The Kier molecular flexibility index (Phi) is 4.60. The summed E-state index contributed by atoms with van der Waals surface area (Å²) in [5, 5.41) is 12.3. The van der Waals surface area contributed by atoms with Gasteiger partial charge < -0.3 is 15.6 Å². The summed E-state index contributed by atoms with van der Waals surface area (Å²) < 4.78 is 5.40. The van der Waals surface area contributed by atoms with Crippen molar-refractivity contribution in [1.29, 1.82) is 0 Å². The molecule has 1 aromatic heterocycles. The first-order valence-electron chi connectivity index (χ1n) is 3.47. The average molecular weight is 261 g/mol. The fourth-order valence-corrected chi connectivity index (χ4v) is 10.0. The van der Waals surface area contributed by atoms with Crippen LogP contribution in [0.15, 0.2) is 0 Å². The monoisotopic (exact) mass is 261 g/mol. The fraction of sp³-hybridized carbons (Fsp3) is 0.143. The Labute approximate surface area is 87.4 Å². The van der Waals surface area contributed by atoms with Gasteiger partial charge in [0.05, 0.1) is 12.8 Å². The lowest BCUT2D eigenvalue weighted by molar-refractivity contribution is -0.287. The maximum atomic E-state index is 11.3. The molecule has 1 unspecified atom stereocenters. The normalized spacial score (nSPS) is 14.2. The number of ether oxygens (including phenoxy) is 1. The van der Waals surface area contributed by atoms with E-state index in [4.69, 9.17) is 5.73 Å². The van der Waals surface area contributed by atoms with E-state index < -0.39 is 6.83 Å². The van der Waals surface area contributed by atoms with Crippen LogP contribution in [0.4, 0.5) is 0 Å². The van der Waals surface area contributed by atoms with E-state index in [1.807, 2.05) is 0 Å². The number of hydrogen-bond donors (Lipinski definition) is 1. The van der Waals surface area contributed by atoms with Gasteiger partial charge in [-0.3, -0.25) is 0 Å². The Balaban J connectivity index is 3.49. The van der Waals surface area contributed by atoms with E-state index in [2.05, 4.69) is 23.0 Å². The van der Waals surface area contributed by atoms with Crippen LogP contribution < -0.4 is 15.5 Å². The summed E-state index contributed by atoms with van der Waals surface area (Å²) in [6.07, 6.45) is 3.95. The molecular formula is C7H7NO2P4. The summed E-state index contributed by atoms with van der Waals surface area (Å²) >= 11 is 0. The largest absolute Gasteiger partial charge is 0.614 e. The van der Waals surface area contributed by atoms with Crippen molar-refractivity contribution in [3.05, 3.63) is 16.0 Å². The second kappa shape index (κ2) is 5.50. The maximum Gasteiger partial charge on any atom is 0.213 e. The number of methoxy groups -OCH3 is 1. The zero-order valence-electron chi connectivity index (χ0n) is 7.39. The molecule has 0 amide bonds. The van der Waals surface area contributed by atoms with Gasteiger partial charge >= 0.3 is 0 Å². The van der Waals surface area contributed by atoms with Crippen LogP contribution in [0.1, 0.15) is 5.03 Å². The summed E-state index contributed by atoms with van der Waals surface area (Å²) in [4.78, 5) is 0. The molecule has 0 aliphatic heterocycles. The quantitative estimate of drug-likeness (QED) is 0.618. The Bertz CT molecular complexity index is 505. The summed E-state index contributed by atoms with van der Waals surface area (Å²) in [5.74, 6) is 2.51. The van der Waals surface area contributed by atoms with Crippen LogP contribution in [-0.2, 0) is 4.74 Å². The zero-order chi connectivity index (χ0) is 10.6. The first-order chi connectivity index (χ1) is 6.69. The minimum Gasteiger partial charge on any atom is -0.614 e. The van der Waals surface area contributed by atoms with Gasteiger partial charge in [-0.15, -0.1) is 0 Å². The Hall–Kier alpha value is -0.360. The highest BCUT2D eigenvalue weighted by molar-refractivity contribution is 8.20. The molecule has 0 aliphatic rings. The molecule has 1 heterocycles. The summed E-state index contributed by atoms with van der Waals surface area (Å²) in [5.41, 5.74) is 5.12. The van der Waals surface area contributed by atoms with Crippen molar-refractivity contribution in [2.45, 2.75) is 0 Å². The molecule has 0 radical (unpaired) electrons. The van der Waals surface area contributed by atoms with Crippen molar-refractivity contribution in [2.24, 2.45) is 5.73 Å². The molecule has 7 heteroatoms. The van der Waals surface area contributed by atoms with E-state index in [9.17, 15) is 5.11 Å². The van der Waals surface area contributed by atoms with Crippen molar-refractivity contribution >= 4 is 36.4 Å². The number of nitrogens with two attached hydrogens (primary N) is 1. The van der Waals surface area contributed by atoms with E-state index in [1.54, 1.807) is 0 Å². The average Bonchev–Trinajstić information content (AvgIpc) is 2.20. The molecule has 0 spiro atoms. The topological polar surface area (TPSA) is 58.3 Å². The smallest absolute Gasteiger partial charge is 0.213 e.